The summed E-state index contributed by atoms with van der Waals surface area (Å²) in [5.74, 6) is -2.36. The maximum absolute atomic E-state index is 13.4. The van der Waals surface area contributed by atoms with Crippen molar-refractivity contribution in [2.45, 2.75) is 44.9 Å². The van der Waals surface area contributed by atoms with E-state index in [0.717, 1.165) is 18.1 Å². The van der Waals surface area contributed by atoms with Crippen LogP contribution in [0.2, 0.25) is 0 Å². The van der Waals surface area contributed by atoms with Crippen molar-refractivity contribution in [2.75, 3.05) is 0 Å². The number of hydrogen-bond acceptors (Lipinski definition) is 0. The van der Waals surface area contributed by atoms with Gasteiger partial charge in [-0.2, -0.15) is 0 Å². The summed E-state index contributed by atoms with van der Waals surface area (Å²) in [5.41, 5.74) is 2.35. The first-order valence-corrected chi connectivity index (χ1v) is 8.29. The molecule has 1 aliphatic rings. The molecular formula is C20H21F3. The third kappa shape index (κ3) is 3.60. The third-order valence-corrected chi connectivity index (χ3v) is 4.96. The molecule has 0 N–H and O–H groups in total. The normalized spacial score (nSPS) is 21.9. The van der Waals surface area contributed by atoms with E-state index in [1.165, 1.54) is 37.7 Å². The van der Waals surface area contributed by atoms with Crippen LogP contribution >= 0.6 is 0 Å². The molecule has 0 radical (unpaired) electrons. The third-order valence-electron chi connectivity index (χ3n) is 4.96. The number of benzene rings is 2. The van der Waals surface area contributed by atoms with E-state index in [4.69, 9.17) is 0 Å². The fraction of sp³-hybridized carbons (Fsp3) is 0.400. The van der Waals surface area contributed by atoms with Crippen LogP contribution in [0.4, 0.5) is 13.2 Å². The molecule has 2 atom stereocenters. The van der Waals surface area contributed by atoms with Crippen molar-refractivity contribution in [1.29, 1.82) is 0 Å². The van der Waals surface area contributed by atoms with E-state index >= 15 is 0 Å². The first kappa shape index (κ1) is 16.1. The molecule has 3 heteroatoms. The van der Waals surface area contributed by atoms with Gasteiger partial charge in [0.1, 0.15) is 0 Å². The van der Waals surface area contributed by atoms with Gasteiger partial charge in [0.25, 0.3) is 0 Å². The Morgan fingerprint density at radius 2 is 1.43 bits per heavy atom. The average Bonchev–Trinajstić information content (AvgIpc) is 2.77. The Hall–Kier alpha value is -1.77. The van der Waals surface area contributed by atoms with Gasteiger partial charge >= 0.3 is 0 Å². The molecule has 0 amide bonds. The molecule has 1 aliphatic carbocycles. The van der Waals surface area contributed by atoms with E-state index in [2.05, 4.69) is 6.92 Å². The lowest BCUT2D eigenvalue weighted by Gasteiger charge is -2.15. The molecule has 0 spiro atoms. The highest BCUT2D eigenvalue weighted by Gasteiger charge is 2.18. The van der Waals surface area contributed by atoms with Gasteiger partial charge in [-0.25, -0.2) is 13.2 Å². The SMILES string of the molecule is CC1CCCC(c2ccc(-c3cc(F)c(F)c(F)c3)cc2)CC1. The van der Waals surface area contributed by atoms with E-state index in [-0.39, 0.29) is 0 Å². The zero-order valence-corrected chi connectivity index (χ0v) is 13.3. The van der Waals surface area contributed by atoms with Crippen molar-refractivity contribution in [2.24, 2.45) is 5.92 Å². The summed E-state index contributed by atoms with van der Waals surface area (Å²) >= 11 is 0. The van der Waals surface area contributed by atoms with Crippen LogP contribution in [0.3, 0.4) is 0 Å². The summed E-state index contributed by atoms with van der Waals surface area (Å²) in [6.45, 7) is 2.31. The van der Waals surface area contributed by atoms with Crippen LogP contribution in [0.15, 0.2) is 36.4 Å². The van der Waals surface area contributed by atoms with Gasteiger partial charge in [0.05, 0.1) is 0 Å². The Bertz CT molecular complexity index is 653. The Labute approximate surface area is 135 Å². The van der Waals surface area contributed by atoms with Crippen LogP contribution in [0.1, 0.15) is 50.5 Å². The molecule has 1 saturated carbocycles. The van der Waals surface area contributed by atoms with Crippen LogP contribution in [0.25, 0.3) is 11.1 Å². The summed E-state index contributed by atoms with van der Waals surface area (Å²) in [6.07, 6.45) is 6.19. The van der Waals surface area contributed by atoms with Gasteiger partial charge < -0.3 is 0 Å². The van der Waals surface area contributed by atoms with Crippen LogP contribution < -0.4 is 0 Å². The highest BCUT2D eigenvalue weighted by atomic mass is 19.2. The highest BCUT2D eigenvalue weighted by Crippen LogP contribution is 2.35. The predicted octanol–water partition coefficient (Wildman–Crippen LogP) is 6.45. The van der Waals surface area contributed by atoms with Crippen molar-refractivity contribution in [3.8, 4) is 11.1 Å². The zero-order chi connectivity index (χ0) is 16.4. The molecular weight excluding hydrogens is 297 g/mol. The predicted molar refractivity (Wildman–Crippen MR) is 86.7 cm³/mol. The van der Waals surface area contributed by atoms with Gasteiger partial charge in [-0.1, -0.05) is 50.5 Å². The summed E-state index contributed by atoms with van der Waals surface area (Å²) < 4.78 is 39.8. The quantitative estimate of drug-likeness (QED) is 0.440. The molecule has 0 saturated heterocycles. The fourth-order valence-corrected chi connectivity index (χ4v) is 3.49. The molecule has 2 unspecified atom stereocenters. The lowest BCUT2D eigenvalue weighted by molar-refractivity contribution is 0.447. The van der Waals surface area contributed by atoms with Gasteiger partial charge in [0.2, 0.25) is 0 Å². The first-order valence-electron chi connectivity index (χ1n) is 8.29. The number of halogens is 3. The molecule has 1 fully saturated rings. The largest absolute Gasteiger partial charge is 0.204 e. The van der Waals surface area contributed by atoms with E-state index in [0.29, 0.717) is 17.0 Å². The molecule has 0 nitrogen and oxygen atoms in total. The second kappa shape index (κ2) is 6.77. The number of hydrogen-bond donors (Lipinski definition) is 0. The zero-order valence-electron chi connectivity index (χ0n) is 13.3. The minimum Gasteiger partial charge on any atom is -0.204 e. The fourth-order valence-electron chi connectivity index (χ4n) is 3.49. The van der Waals surface area contributed by atoms with Crippen molar-refractivity contribution in [1.82, 2.24) is 0 Å². The van der Waals surface area contributed by atoms with Crippen LogP contribution in [0.5, 0.6) is 0 Å². The first-order chi connectivity index (χ1) is 11.0. The van der Waals surface area contributed by atoms with Gasteiger partial charge in [0, 0.05) is 0 Å². The van der Waals surface area contributed by atoms with E-state index in [9.17, 15) is 13.2 Å². The minimum absolute atomic E-state index is 0.363. The maximum atomic E-state index is 13.4. The molecule has 0 aliphatic heterocycles. The molecule has 0 aromatic heterocycles. The lowest BCUT2D eigenvalue weighted by Crippen LogP contribution is -1.98. The molecule has 2 aromatic rings. The van der Waals surface area contributed by atoms with Crippen LogP contribution in [0, 0.1) is 23.4 Å². The van der Waals surface area contributed by atoms with E-state index in [1.54, 1.807) is 0 Å². The summed E-state index contributed by atoms with van der Waals surface area (Å²) in [4.78, 5) is 0. The van der Waals surface area contributed by atoms with Crippen molar-refractivity contribution in [3.05, 3.63) is 59.4 Å². The highest BCUT2D eigenvalue weighted by molar-refractivity contribution is 5.64. The summed E-state index contributed by atoms with van der Waals surface area (Å²) in [6, 6.07) is 9.90. The standard InChI is InChI=1S/C20H21F3/c1-13-3-2-4-14(6-5-13)15-7-9-16(10-8-15)17-11-18(21)20(23)19(22)12-17/h7-14H,2-6H2,1H3. The van der Waals surface area contributed by atoms with E-state index < -0.39 is 17.5 Å². The smallest absolute Gasteiger partial charge is 0.194 e. The summed E-state index contributed by atoms with van der Waals surface area (Å²) in [5, 5.41) is 0. The molecule has 0 bridgehead atoms. The van der Waals surface area contributed by atoms with Gasteiger partial charge in [0.15, 0.2) is 17.5 Å². The Balaban J connectivity index is 1.82. The molecule has 0 heterocycles. The van der Waals surface area contributed by atoms with Crippen LogP contribution in [-0.2, 0) is 0 Å². The molecule has 2 aromatic carbocycles. The molecule has 122 valence electrons. The average molecular weight is 318 g/mol. The van der Waals surface area contributed by atoms with Crippen molar-refractivity contribution < 1.29 is 13.2 Å². The Morgan fingerprint density at radius 1 is 0.783 bits per heavy atom. The van der Waals surface area contributed by atoms with Gasteiger partial charge in [-0.15, -0.1) is 0 Å². The molecule has 23 heavy (non-hydrogen) atoms. The van der Waals surface area contributed by atoms with Crippen molar-refractivity contribution in [3.63, 3.8) is 0 Å². The minimum atomic E-state index is -1.42. The Morgan fingerprint density at radius 3 is 2.09 bits per heavy atom. The maximum Gasteiger partial charge on any atom is 0.194 e. The Kier molecular flexibility index (Phi) is 4.74. The second-order valence-corrected chi connectivity index (χ2v) is 6.69. The van der Waals surface area contributed by atoms with Gasteiger partial charge in [-0.3, -0.25) is 0 Å². The monoisotopic (exact) mass is 318 g/mol. The van der Waals surface area contributed by atoms with Crippen LogP contribution in [-0.4, -0.2) is 0 Å². The number of rotatable bonds is 2. The van der Waals surface area contributed by atoms with Gasteiger partial charge in [-0.05, 0) is 53.5 Å². The molecule has 3 rings (SSSR count). The van der Waals surface area contributed by atoms with E-state index in [1.807, 2.05) is 24.3 Å². The second-order valence-electron chi connectivity index (χ2n) is 6.69. The summed E-state index contributed by atoms with van der Waals surface area (Å²) in [7, 11) is 0. The lowest BCUT2D eigenvalue weighted by atomic mass is 9.90. The van der Waals surface area contributed by atoms with Crippen molar-refractivity contribution >= 4 is 0 Å². The topological polar surface area (TPSA) is 0 Å².